The second kappa shape index (κ2) is 5.87. The maximum atomic E-state index is 11.9. The molecule has 0 aliphatic rings. The van der Waals surface area contributed by atoms with Gasteiger partial charge in [-0.2, -0.15) is 13.2 Å². The third-order valence-electron chi connectivity index (χ3n) is 1.55. The van der Waals surface area contributed by atoms with E-state index in [1.54, 1.807) is 24.3 Å². The summed E-state index contributed by atoms with van der Waals surface area (Å²) in [5.41, 5.74) is 0.704. The van der Waals surface area contributed by atoms with Crippen LogP contribution < -0.4 is 5.09 Å². The molecular formula is C10H11F3NOP. The zero-order valence-corrected chi connectivity index (χ0v) is 9.26. The lowest BCUT2D eigenvalue weighted by atomic mass is 10.3. The van der Waals surface area contributed by atoms with Crippen molar-refractivity contribution >= 4 is 14.0 Å². The van der Waals surface area contributed by atoms with Gasteiger partial charge >= 0.3 is 6.18 Å². The van der Waals surface area contributed by atoms with Gasteiger partial charge in [0.05, 0.1) is 0 Å². The standard InChI is InChI=1S/C10H11F3NOP/c1-2-16(15-8-10(11,12)13)14-9-6-4-3-5-7-9/h2-7,14H,1,8H2. The molecule has 0 heterocycles. The van der Waals surface area contributed by atoms with E-state index in [0.29, 0.717) is 5.69 Å². The van der Waals surface area contributed by atoms with Crippen LogP contribution >= 0.6 is 8.30 Å². The molecule has 0 bridgehead atoms. The molecule has 1 aromatic carbocycles. The van der Waals surface area contributed by atoms with Crippen LogP contribution in [0.1, 0.15) is 0 Å². The summed E-state index contributed by atoms with van der Waals surface area (Å²) in [7, 11) is -1.51. The number of hydrogen-bond donors (Lipinski definition) is 1. The van der Waals surface area contributed by atoms with Crippen molar-refractivity contribution < 1.29 is 17.7 Å². The molecule has 1 unspecified atom stereocenters. The average Bonchev–Trinajstić information content (AvgIpc) is 2.24. The average molecular weight is 249 g/mol. The lowest BCUT2D eigenvalue weighted by Crippen LogP contribution is -2.15. The molecule has 0 aliphatic carbocycles. The second-order valence-electron chi connectivity index (χ2n) is 2.87. The lowest BCUT2D eigenvalue weighted by Gasteiger charge is -2.16. The van der Waals surface area contributed by atoms with Crippen molar-refractivity contribution in [2.45, 2.75) is 6.18 Å². The molecule has 2 nitrogen and oxygen atoms in total. The van der Waals surface area contributed by atoms with Gasteiger partial charge in [0.2, 0.25) is 0 Å². The predicted octanol–water partition coefficient (Wildman–Crippen LogP) is 4.13. The van der Waals surface area contributed by atoms with Crippen LogP contribution in [0.15, 0.2) is 42.7 Å². The Hall–Kier alpha value is -1.06. The molecule has 1 N–H and O–H groups in total. The Kier molecular flexibility index (Phi) is 4.77. The summed E-state index contributed by atoms with van der Waals surface area (Å²) in [4.78, 5) is 0. The largest absolute Gasteiger partial charge is 0.412 e. The van der Waals surface area contributed by atoms with Crippen LogP contribution in [0.3, 0.4) is 0 Å². The summed E-state index contributed by atoms with van der Waals surface area (Å²) in [5, 5.41) is 2.83. The van der Waals surface area contributed by atoms with E-state index in [1.165, 1.54) is 5.82 Å². The van der Waals surface area contributed by atoms with Crippen LogP contribution in [0.25, 0.3) is 0 Å². The molecule has 1 rings (SSSR count). The van der Waals surface area contributed by atoms with E-state index < -0.39 is 21.1 Å². The molecular weight excluding hydrogens is 238 g/mol. The van der Waals surface area contributed by atoms with Crippen LogP contribution in [0.4, 0.5) is 18.9 Å². The summed E-state index contributed by atoms with van der Waals surface area (Å²) in [6.07, 6.45) is -4.32. The highest BCUT2D eigenvalue weighted by atomic mass is 31.2. The van der Waals surface area contributed by atoms with Crippen molar-refractivity contribution in [3.63, 3.8) is 0 Å². The zero-order chi connectivity index (χ0) is 12.0. The van der Waals surface area contributed by atoms with Gasteiger partial charge in [-0.1, -0.05) is 24.8 Å². The maximum Gasteiger partial charge on any atom is 0.412 e. The molecule has 0 aromatic heterocycles. The molecule has 0 fully saturated rings. The zero-order valence-electron chi connectivity index (χ0n) is 8.37. The monoisotopic (exact) mass is 249 g/mol. The summed E-state index contributed by atoms with van der Waals surface area (Å²) in [5.74, 6) is 1.34. The fraction of sp³-hybridized carbons (Fsp3) is 0.200. The van der Waals surface area contributed by atoms with Gasteiger partial charge in [-0.25, -0.2) is 0 Å². The molecule has 6 heteroatoms. The molecule has 0 amide bonds. The molecule has 0 saturated carbocycles. The van der Waals surface area contributed by atoms with Gasteiger partial charge in [0.25, 0.3) is 0 Å². The van der Waals surface area contributed by atoms with E-state index >= 15 is 0 Å². The minimum absolute atomic E-state index is 0.704. The topological polar surface area (TPSA) is 21.3 Å². The van der Waals surface area contributed by atoms with Crippen LogP contribution in [0.2, 0.25) is 0 Å². The first-order valence-electron chi connectivity index (χ1n) is 4.44. The number of anilines is 1. The van der Waals surface area contributed by atoms with Crippen LogP contribution in [-0.2, 0) is 4.52 Å². The van der Waals surface area contributed by atoms with E-state index in [2.05, 4.69) is 16.2 Å². The van der Waals surface area contributed by atoms with Crippen molar-refractivity contribution in [3.8, 4) is 0 Å². The number of benzene rings is 1. The number of alkyl halides is 3. The van der Waals surface area contributed by atoms with Crippen LogP contribution in [-0.4, -0.2) is 12.8 Å². The summed E-state index contributed by atoms with van der Waals surface area (Å²) < 4.78 is 40.4. The van der Waals surface area contributed by atoms with Gasteiger partial charge < -0.3 is 9.61 Å². The van der Waals surface area contributed by atoms with Crippen molar-refractivity contribution in [1.82, 2.24) is 0 Å². The molecule has 0 aliphatic heterocycles. The fourth-order valence-electron chi connectivity index (χ4n) is 0.913. The van der Waals surface area contributed by atoms with Crippen molar-refractivity contribution in [2.75, 3.05) is 11.7 Å². The minimum atomic E-state index is -4.32. The van der Waals surface area contributed by atoms with Gasteiger partial charge in [-0.15, -0.1) is 0 Å². The van der Waals surface area contributed by atoms with Gasteiger partial charge in [0.1, 0.15) is 6.61 Å². The number of nitrogens with one attached hydrogen (secondary N) is 1. The Morgan fingerprint density at radius 3 is 2.44 bits per heavy atom. The number of rotatable bonds is 5. The fourth-order valence-corrected chi connectivity index (χ4v) is 1.86. The van der Waals surface area contributed by atoms with Gasteiger partial charge in [0.15, 0.2) is 8.30 Å². The van der Waals surface area contributed by atoms with E-state index in [0.717, 1.165) is 0 Å². The smallest absolute Gasteiger partial charge is 0.339 e. The number of para-hydroxylation sites is 1. The summed E-state index contributed by atoms with van der Waals surface area (Å²) >= 11 is 0. The Morgan fingerprint density at radius 2 is 1.94 bits per heavy atom. The van der Waals surface area contributed by atoms with Crippen LogP contribution in [0, 0.1) is 0 Å². The highest BCUT2D eigenvalue weighted by Crippen LogP contribution is 2.39. The molecule has 0 radical (unpaired) electrons. The van der Waals surface area contributed by atoms with Crippen molar-refractivity contribution in [3.05, 3.63) is 42.7 Å². The highest BCUT2D eigenvalue weighted by molar-refractivity contribution is 7.57. The number of halogens is 3. The Morgan fingerprint density at radius 1 is 1.31 bits per heavy atom. The third kappa shape index (κ3) is 5.14. The normalized spacial score (nSPS) is 13.2. The molecule has 1 atom stereocenters. The van der Waals surface area contributed by atoms with Gasteiger partial charge in [0, 0.05) is 5.69 Å². The first-order valence-corrected chi connectivity index (χ1v) is 5.77. The minimum Gasteiger partial charge on any atom is -0.339 e. The predicted molar refractivity (Wildman–Crippen MR) is 59.2 cm³/mol. The van der Waals surface area contributed by atoms with Crippen molar-refractivity contribution in [2.24, 2.45) is 0 Å². The molecule has 88 valence electrons. The first kappa shape index (κ1) is 13.0. The van der Waals surface area contributed by atoms with Crippen molar-refractivity contribution in [1.29, 1.82) is 0 Å². The SMILES string of the molecule is C=CP(Nc1ccccc1)OCC(F)(F)F. The molecule has 0 saturated heterocycles. The Labute approximate surface area is 93.0 Å². The van der Waals surface area contributed by atoms with Gasteiger partial charge in [-0.05, 0) is 17.9 Å². The Bertz CT molecular complexity index is 329. The van der Waals surface area contributed by atoms with Gasteiger partial charge in [-0.3, -0.25) is 0 Å². The summed E-state index contributed by atoms with van der Waals surface area (Å²) in [6, 6.07) is 8.87. The van der Waals surface area contributed by atoms with Crippen LogP contribution in [0.5, 0.6) is 0 Å². The molecule has 16 heavy (non-hydrogen) atoms. The molecule has 0 spiro atoms. The molecule has 1 aromatic rings. The highest BCUT2D eigenvalue weighted by Gasteiger charge is 2.29. The number of hydrogen-bond acceptors (Lipinski definition) is 2. The van der Waals surface area contributed by atoms with E-state index in [9.17, 15) is 13.2 Å². The maximum absolute atomic E-state index is 11.9. The van der Waals surface area contributed by atoms with E-state index in [4.69, 9.17) is 0 Å². The second-order valence-corrected chi connectivity index (χ2v) is 4.37. The first-order chi connectivity index (χ1) is 7.51. The quantitative estimate of drug-likeness (QED) is 0.792. The summed E-state index contributed by atoms with van der Waals surface area (Å²) in [6.45, 7) is 2.16. The Balaban J connectivity index is 2.47. The third-order valence-corrected chi connectivity index (χ3v) is 2.76. The van der Waals surface area contributed by atoms with E-state index in [1.807, 2.05) is 6.07 Å². The lowest BCUT2D eigenvalue weighted by molar-refractivity contribution is -0.151. The van der Waals surface area contributed by atoms with E-state index in [-0.39, 0.29) is 0 Å².